The van der Waals surface area contributed by atoms with Crippen LogP contribution >= 0.6 is 0 Å². The van der Waals surface area contributed by atoms with E-state index in [0.29, 0.717) is 5.92 Å². The van der Waals surface area contributed by atoms with E-state index in [1.165, 1.54) is 16.7 Å². The van der Waals surface area contributed by atoms with Crippen LogP contribution in [0.2, 0.25) is 0 Å². The summed E-state index contributed by atoms with van der Waals surface area (Å²) in [4.78, 5) is 0. The summed E-state index contributed by atoms with van der Waals surface area (Å²) in [6.07, 6.45) is 0. The molecule has 1 heterocycles. The topological polar surface area (TPSA) is 9.23 Å². The predicted octanol–water partition coefficient (Wildman–Crippen LogP) is 2.63. The van der Waals surface area contributed by atoms with Crippen molar-refractivity contribution in [1.29, 1.82) is 0 Å². The van der Waals surface area contributed by atoms with E-state index in [0.717, 1.165) is 13.2 Å². The molecule has 1 aromatic carbocycles. The summed E-state index contributed by atoms with van der Waals surface area (Å²) in [5.41, 5.74) is 4.18. The molecule has 0 aromatic heterocycles. The summed E-state index contributed by atoms with van der Waals surface area (Å²) in [7, 11) is 0. The lowest BCUT2D eigenvalue weighted by molar-refractivity contribution is 0.0950. The first-order chi connectivity index (χ1) is 5.77. The van der Waals surface area contributed by atoms with Gasteiger partial charge in [-0.05, 0) is 18.1 Å². The van der Waals surface area contributed by atoms with Crippen LogP contribution in [0.15, 0.2) is 18.2 Å². The fourth-order valence-corrected chi connectivity index (χ4v) is 1.74. The van der Waals surface area contributed by atoms with Crippen LogP contribution in [0, 0.1) is 6.92 Å². The van der Waals surface area contributed by atoms with Crippen molar-refractivity contribution in [3.63, 3.8) is 0 Å². The smallest absolute Gasteiger partial charge is 0.0719 e. The number of benzene rings is 1. The van der Waals surface area contributed by atoms with E-state index in [2.05, 4.69) is 32.0 Å². The molecule has 0 saturated heterocycles. The zero-order valence-electron chi connectivity index (χ0n) is 7.63. The zero-order chi connectivity index (χ0) is 8.55. The van der Waals surface area contributed by atoms with Gasteiger partial charge in [-0.15, -0.1) is 0 Å². The van der Waals surface area contributed by atoms with E-state index >= 15 is 0 Å². The second kappa shape index (κ2) is 2.91. The van der Waals surface area contributed by atoms with Gasteiger partial charge in [0.25, 0.3) is 0 Å². The Kier molecular flexibility index (Phi) is 1.89. The van der Waals surface area contributed by atoms with Gasteiger partial charge in [-0.1, -0.05) is 30.7 Å². The van der Waals surface area contributed by atoms with E-state index in [4.69, 9.17) is 4.74 Å². The fraction of sp³-hybridized carbons (Fsp3) is 0.455. The molecule has 1 aromatic rings. The zero-order valence-corrected chi connectivity index (χ0v) is 7.63. The highest BCUT2D eigenvalue weighted by molar-refractivity contribution is 5.34. The summed E-state index contributed by atoms with van der Waals surface area (Å²) in [6.45, 7) is 6.02. The maximum atomic E-state index is 5.45. The molecule has 1 aliphatic heterocycles. The lowest BCUT2D eigenvalue weighted by Crippen LogP contribution is -2.14. The van der Waals surface area contributed by atoms with Gasteiger partial charge in [0.05, 0.1) is 13.2 Å². The van der Waals surface area contributed by atoms with Crippen molar-refractivity contribution < 1.29 is 4.74 Å². The lowest BCUT2D eigenvalue weighted by atomic mass is 9.93. The SMILES string of the molecule is Cc1ccc2c(c1)[C@H](C)COC2. The van der Waals surface area contributed by atoms with Crippen LogP contribution in [0.3, 0.4) is 0 Å². The number of rotatable bonds is 0. The standard InChI is InChI=1S/C11H14O/c1-8-3-4-10-7-12-6-9(2)11(10)5-8/h3-5,9H,6-7H2,1-2H3/t9-/m1/s1. The third-order valence-electron chi connectivity index (χ3n) is 2.46. The van der Waals surface area contributed by atoms with Crippen LogP contribution in [0.1, 0.15) is 29.5 Å². The third-order valence-corrected chi connectivity index (χ3v) is 2.46. The normalized spacial score (nSPS) is 22.0. The monoisotopic (exact) mass is 162 g/mol. The average molecular weight is 162 g/mol. The van der Waals surface area contributed by atoms with Crippen LogP contribution in [0.4, 0.5) is 0 Å². The highest BCUT2D eigenvalue weighted by Crippen LogP contribution is 2.26. The van der Waals surface area contributed by atoms with Gasteiger partial charge in [-0.25, -0.2) is 0 Å². The first kappa shape index (κ1) is 7.81. The van der Waals surface area contributed by atoms with Crippen molar-refractivity contribution in [2.45, 2.75) is 26.4 Å². The third kappa shape index (κ3) is 1.25. The molecule has 12 heavy (non-hydrogen) atoms. The van der Waals surface area contributed by atoms with Gasteiger partial charge in [0, 0.05) is 5.92 Å². The Hall–Kier alpha value is -0.820. The molecule has 0 unspecified atom stereocenters. The van der Waals surface area contributed by atoms with E-state index < -0.39 is 0 Å². The summed E-state index contributed by atoms with van der Waals surface area (Å²) in [5.74, 6) is 0.564. The Balaban J connectivity index is 2.47. The first-order valence-corrected chi connectivity index (χ1v) is 4.44. The molecule has 0 amide bonds. The van der Waals surface area contributed by atoms with E-state index in [1.54, 1.807) is 0 Å². The highest BCUT2D eigenvalue weighted by Gasteiger charge is 2.15. The van der Waals surface area contributed by atoms with E-state index in [-0.39, 0.29) is 0 Å². The van der Waals surface area contributed by atoms with Gasteiger partial charge in [-0.2, -0.15) is 0 Å². The van der Waals surface area contributed by atoms with Crippen molar-refractivity contribution in [2.75, 3.05) is 6.61 Å². The van der Waals surface area contributed by atoms with Crippen molar-refractivity contribution >= 4 is 0 Å². The molecular formula is C11H14O. The van der Waals surface area contributed by atoms with Gasteiger partial charge in [0.2, 0.25) is 0 Å². The molecular weight excluding hydrogens is 148 g/mol. The van der Waals surface area contributed by atoms with Gasteiger partial charge < -0.3 is 4.74 Å². The Morgan fingerprint density at radius 2 is 2.25 bits per heavy atom. The van der Waals surface area contributed by atoms with Crippen LogP contribution < -0.4 is 0 Å². The fourth-order valence-electron chi connectivity index (χ4n) is 1.74. The van der Waals surface area contributed by atoms with Crippen LogP contribution in [0.25, 0.3) is 0 Å². The molecule has 1 aliphatic rings. The minimum Gasteiger partial charge on any atom is -0.376 e. The predicted molar refractivity (Wildman–Crippen MR) is 49.3 cm³/mol. The number of ether oxygens (including phenoxy) is 1. The molecule has 2 rings (SSSR count). The van der Waals surface area contributed by atoms with E-state index in [1.807, 2.05) is 0 Å². The van der Waals surface area contributed by atoms with Crippen LogP contribution in [-0.2, 0) is 11.3 Å². The van der Waals surface area contributed by atoms with Gasteiger partial charge in [0.1, 0.15) is 0 Å². The molecule has 0 spiro atoms. The largest absolute Gasteiger partial charge is 0.376 e. The molecule has 0 N–H and O–H groups in total. The summed E-state index contributed by atoms with van der Waals surface area (Å²) in [5, 5.41) is 0. The summed E-state index contributed by atoms with van der Waals surface area (Å²) in [6, 6.07) is 6.61. The maximum Gasteiger partial charge on any atom is 0.0719 e. The number of fused-ring (bicyclic) bond motifs is 1. The first-order valence-electron chi connectivity index (χ1n) is 4.44. The number of hydrogen-bond acceptors (Lipinski definition) is 1. The Bertz CT molecular complexity index is 291. The molecule has 0 saturated carbocycles. The Labute approximate surface area is 73.4 Å². The van der Waals surface area contributed by atoms with Crippen molar-refractivity contribution in [3.8, 4) is 0 Å². The molecule has 0 bridgehead atoms. The minimum atomic E-state index is 0.564. The lowest BCUT2D eigenvalue weighted by Gasteiger charge is -2.22. The molecule has 0 aliphatic carbocycles. The molecule has 1 heteroatoms. The Morgan fingerprint density at radius 3 is 3.08 bits per heavy atom. The number of hydrogen-bond donors (Lipinski definition) is 0. The van der Waals surface area contributed by atoms with Crippen molar-refractivity contribution in [2.24, 2.45) is 0 Å². The summed E-state index contributed by atoms with van der Waals surface area (Å²) >= 11 is 0. The second-order valence-electron chi connectivity index (χ2n) is 3.62. The van der Waals surface area contributed by atoms with Crippen molar-refractivity contribution in [3.05, 3.63) is 34.9 Å². The summed E-state index contributed by atoms with van der Waals surface area (Å²) < 4.78 is 5.45. The molecule has 64 valence electrons. The van der Waals surface area contributed by atoms with Gasteiger partial charge in [0.15, 0.2) is 0 Å². The van der Waals surface area contributed by atoms with Crippen molar-refractivity contribution in [1.82, 2.24) is 0 Å². The van der Waals surface area contributed by atoms with Crippen LogP contribution in [0.5, 0.6) is 0 Å². The maximum absolute atomic E-state index is 5.45. The van der Waals surface area contributed by atoms with Crippen LogP contribution in [-0.4, -0.2) is 6.61 Å². The molecule has 0 fully saturated rings. The quantitative estimate of drug-likeness (QED) is 0.569. The van der Waals surface area contributed by atoms with Gasteiger partial charge >= 0.3 is 0 Å². The highest BCUT2D eigenvalue weighted by atomic mass is 16.5. The Morgan fingerprint density at radius 1 is 1.42 bits per heavy atom. The van der Waals surface area contributed by atoms with Gasteiger partial charge in [-0.3, -0.25) is 0 Å². The molecule has 0 radical (unpaired) electrons. The van der Waals surface area contributed by atoms with E-state index in [9.17, 15) is 0 Å². The average Bonchev–Trinajstić information content (AvgIpc) is 2.07. The number of aryl methyl sites for hydroxylation is 1. The minimum absolute atomic E-state index is 0.564. The molecule has 1 atom stereocenters. The second-order valence-corrected chi connectivity index (χ2v) is 3.62. The molecule has 1 nitrogen and oxygen atoms in total.